The molecule has 0 spiro atoms. The molecule has 0 aliphatic carbocycles. The molecule has 3 heterocycles. The van der Waals surface area contributed by atoms with Crippen molar-refractivity contribution in [3.05, 3.63) is 36.0 Å². The summed E-state index contributed by atoms with van der Waals surface area (Å²) in [6.45, 7) is 4.73. The van der Waals surface area contributed by atoms with E-state index in [0.717, 1.165) is 0 Å². The predicted octanol–water partition coefficient (Wildman–Crippen LogP) is 1.13. The van der Waals surface area contributed by atoms with Crippen LogP contribution in [-0.4, -0.2) is 58.1 Å². The Labute approximate surface area is 167 Å². The van der Waals surface area contributed by atoms with Crippen molar-refractivity contribution in [1.29, 1.82) is 0 Å². The summed E-state index contributed by atoms with van der Waals surface area (Å²) in [5.74, 6) is -0.0439. The summed E-state index contributed by atoms with van der Waals surface area (Å²) < 4.78 is 19.6. The molecule has 2 aliphatic heterocycles. The summed E-state index contributed by atoms with van der Waals surface area (Å²) >= 11 is 0. The van der Waals surface area contributed by atoms with Crippen LogP contribution < -0.4 is 10.6 Å². The average molecular weight is 401 g/mol. The third-order valence-electron chi connectivity index (χ3n) is 5.48. The molecule has 8 nitrogen and oxygen atoms in total. The number of hydrogen-bond acceptors (Lipinski definition) is 6. The van der Waals surface area contributed by atoms with Gasteiger partial charge in [0.15, 0.2) is 0 Å². The minimum absolute atomic E-state index is 0.0155. The van der Waals surface area contributed by atoms with Crippen molar-refractivity contribution >= 4 is 11.8 Å². The number of rotatable bonds is 5. The van der Waals surface area contributed by atoms with Crippen LogP contribution in [-0.2, 0) is 16.0 Å². The number of nitrogens with one attached hydrogen (secondary N) is 2. The third-order valence-corrected chi connectivity index (χ3v) is 5.48. The predicted molar refractivity (Wildman–Crippen MR) is 102 cm³/mol. The molecule has 0 radical (unpaired) electrons. The van der Waals surface area contributed by atoms with Crippen LogP contribution >= 0.6 is 0 Å². The normalized spacial score (nSPS) is 24.4. The largest absolute Gasteiger partial charge is 0.421 e. The molecule has 0 bridgehead atoms. The maximum absolute atomic E-state index is 13.9. The van der Waals surface area contributed by atoms with E-state index in [-0.39, 0.29) is 47.3 Å². The minimum Gasteiger partial charge on any atom is -0.421 e. The van der Waals surface area contributed by atoms with E-state index in [2.05, 4.69) is 25.7 Å². The summed E-state index contributed by atoms with van der Waals surface area (Å²) in [5, 5.41) is 14.0. The SMILES string of the molecule is CC(C)C(=O)N[C@H]1C[C@H]2C(=O)NC[C@@H](Cc3nnc(-c4ccccc4F)o3)N2C1. The lowest BCUT2D eigenvalue weighted by atomic mass is 10.1. The molecule has 2 N–H and O–H groups in total. The number of amides is 2. The van der Waals surface area contributed by atoms with E-state index in [1.165, 1.54) is 6.07 Å². The van der Waals surface area contributed by atoms with Gasteiger partial charge in [0.1, 0.15) is 5.82 Å². The van der Waals surface area contributed by atoms with Crippen molar-refractivity contribution in [3.8, 4) is 11.5 Å². The van der Waals surface area contributed by atoms with E-state index in [0.29, 0.717) is 31.8 Å². The molecule has 2 saturated heterocycles. The summed E-state index contributed by atoms with van der Waals surface area (Å²) in [7, 11) is 0. The van der Waals surface area contributed by atoms with Crippen molar-refractivity contribution < 1.29 is 18.4 Å². The first-order valence-corrected chi connectivity index (χ1v) is 9.83. The fourth-order valence-electron chi connectivity index (χ4n) is 3.92. The van der Waals surface area contributed by atoms with Crippen molar-refractivity contribution in [2.24, 2.45) is 5.92 Å². The second-order valence-corrected chi connectivity index (χ2v) is 7.89. The fraction of sp³-hybridized carbons (Fsp3) is 0.500. The van der Waals surface area contributed by atoms with Crippen LogP contribution in [0.3, 0.4) is 0 Å². The molecule has 2 aromatic rings. The van der Waals surface area contributed by atoms with Gasteiger partial charge >= 0.3 is 0 Å². The lowest BCUT2D eigenvalue weighted by Crippen LogP contribution is -2.58. The standard InChI is InChI=1S/C20H24FN5O3/c1-11(2)18(27)23-12-7-16-19(28)22-9-13(26(16)10-12)8-17-24-25-20(29-17)14-5-3-4-6-15(14)21/h3-6,11-13,16H,7-10H2,1-2H3,(H,22,28)(H,23,27)/t12-,13+,16-/m0/s1. The smallest absolute Gasteiger partial charge is 0.250 e. The number of carbonyl (C=O) groups excluding carboxylic acids is 2. The van der Waals surface area contributed by atoms with E-state index in [1.54, 1.807) is 18.2 Å². The summed E-state index contributed by atoms with van der Waals surface area (Å²) in [5.41, 5.74) is 0.263. The van der Waals surface area contributed by atoms with Gasteiger partial charge in [0.2, 0.25) is 17.7 Å². The Hall–Kier alpha value is -2.81. The van der Waals surface area contributed by atoms with E-state index < -0.39 is 5.82 Å². The highest BCUT2D eigenvalue weighted by Crippen LogP contribution is 2.27. The first-order valence-electron chi connectivity index (χ1n) is 9.83. The molecule has 2 fully saturated rings. The molecule has 1 aromatic heterocycles. The van der Waals surface area contributed by atoms with Crippen LogP contribution in [0.4, 0.5) is 4.39 Å². The Morgan fingerprint density at radius 2 is 2.17 bits per heavy atom. The van der Waals surface area contributed by atoms with Gasteiger partial charge in [0.25, 0.3) is 5.89 Å². The van der Waals surface area contributed by atoms with Gasteiger partial charge in [-0.1, -0.05) is 26.0 Å². The zero-order valence-electron chi connectivity index (χ0n) is 16.4. The molecule has 154 valence electrons. The zero-order chi connectivity index (χ0) is 20.5. The Bertz CT molecular complexity index is 915. The summed E-state index contributed by atoms with van der Waals surface area (Å²) in [6.07, 6.45) is 1.01. The van der Waals surface area contributed by atoms with Gasteiger partial charge in [-0.05, 0) is 18.6 Å². The van der Waals surface area contributed by atoms with E-state index in [4.69, 9.17) is 4.42 Å². The van der Waals surface area contributed by atoms with Crippen LogP contribution in [0.5, 0.6) is 0 Å². The first kappa shape index (κ1) is 19.5. The molecular weight excluding hydrogens is 377 g/mol. The highest BCUT2D eigenvalue weighted by atomic mass is 19.1. The number of halogens is 1. The Balaban J connectivity index is 1.46. The first-order chi connectivity index (χ1) is 13.9. The number of carbonyl (C=O) groups is 2. The molecule has 4 rings (SSSR count). The summed E-state index contributed by atoms with van der Waals surface area (Å²) in [4.78, 5) is 26.4. The summed E-state index contributed by atoms with van der Waals surface area (Å²) in [6, 6.07) is 5.84. The van der Waals surface area contributed by atoms with Crippen molar-refractivity contribution in [2.45, 2.75) is 44.8 Å². The van der Waals surface area contributed by atoms with Gasteiger partial charge in [-0.3, -0.25) is 14.5 Å². The zero-order valence-corrected chi connectivity index (χ0v) is 16.4. The van der Waals surface area contributed by atoms with E-state index >= 15 is 0 Å². The average Bonchev–Trinajstić information content (AvgIpc) is 3.32. The van der Waals surface area contributed by atoms with Crippen LogP contribution in [0, 0.1) is 11.7 Å². The van der Waals surface area contributed by atoms with Crippen LogP contribution in [0.1, 0.15) is 26.2 Å². The number of hydrogen-bond donors (Lipinski definition) is 2. The van der Waals surface area contributed by atoms with Gasteiger partial charge in [-0.15, -0.1) is 10.2 Å². The molecule has 29 heavy (non-hydrogen) atoms. The Morgan fingerprint density at radius 3 is 2.93 bits per heavy atom. The van der Waals surface area contributed by atoms with Crippen LogP contribution in [0.2, 0.25) is 0 Å². The number of benzene rings is 1. The second kappa shape index (κ2) is 7.90. The topological polar surface area (TPSA) is 100 Å². The minimum atomic E-state index is -0.420. The molecule has 2 amide bonds. The maximum Gasteiger partial charge on any atom is 0.250 e. The monoisotopic (exact) mass is 401 g/mol. The molecule has 2 aliphatic rings. The van der Waals surface area contributed by atoms with Gasteiger partial charge in [-0.25, -0.2) is 4.39 Å². The van der Waals surface area contributed by atoms with Gasteiger partial charge < -0.3 is 15.1 Å². The molecule has 3 atom stereocenters. The second-order valence-electron chi connectivity index (χ2n) is 7.89. The molecule has 0 unspecified atom stereocenters. The Morgan fingerprint density at radius 1 is 1.38 bits per heavy atom. The lowest BCUT2D eigenvalue weighted by molar-refractivity contribution is -0.129. The highest BCUT2D eigenvalue weighted by Gasteiger charge is 2.44. The van der Waals surface area contributed by atoms with Crippen LogP contribution in [0.25, 0.3) is 11.5 Å². The number of fused-ring (bicyclic) bond motifs is 1. The van der Waals surface area contributed by atoms with E-state index in [1.807, 2.05) is 13.8 Å². The van der Waals surface area contributed by atoms with Crippen molar-refractivity contribution in [1.82, 2.24) is 25.7 Å². The van der Waals surface area contributed by atoms with E-state index in [9.17, 15) is 14.0 Å². The fourth-order valence-corrected chi connectivity index (χ4v) is 3.92. The molecule has 0 saturated carbocycles. The van der Waals surface area contributed by atoms with Crippen LogP contribution in [0.15, 0.2) is 28.7 Å². The maximum atomic E-state index is 13.9. The highest BCUT2D eigenvalue weighted by molar-refractivity contribution is 5.83. The molecule has 1 aromatic carbocycles. The van der Waals surface area contributed by atoms with Gasteiger partial charge in [0.05, 0.1) is 11.6 Å². The molecular formula is C20H24FN5O3. The number of aromatic nitrogens is 2. The number of piperazine rings is 1. The van der Waals surface area contributed by atoms with Gasteiger partial charge in [-0.2, -0.15) is 0 Å². The molecule has 9 heteroatoms. The quantitative estimate of drug-likeness (QED) is 0.779. The number of nitrogens with zero attached hydrogens (tertiary/aromatic N) is 3. The lowest BCUT2D eigenvalue weighted by Gasteiger charge is -2.36. The Kier molecular flexibility index (Phi) is 5.31. The van der Waals surface area contributed by atoms with Crippen molar-refractivity contribution in [2.75, 3.05) is 13.1 Å². The third kappa shape index (κ3) is 4.00. The van der Waals surface area contributed by atoms with Gasteiger partial charge in [0, 0.05) is 37.5 Å². The van der Waals surface area contributed by atoms with Crippen molar-refractivity contribution in [3.63, 3.8) is 0 Å².